The highest BCUT2D eigenvalue weighted by molar-refractivity contribution is 7.11. The molecule has 0 aliphatic carbocycles. The van der Waals surface area contributed by atoms with Gasteiger partial charge in [-0.05, 0) is 18.2 Å². The van der Waals surface area contributed by atoms with Gasteiger partial charge in [0, 0.05) is 73.4 Å². The van der Waals surface area contributed by atoms with Crippen LogP contribution < -0.4 is 4.90 Å². The van der Waals surface area contributed by atoms with Crippen LogP contribution in [0.3, 0.4) is 0 Å². The lowest BCUT2D eigenvalue weighted by atomic mass is 10.1. The van der Waals surface area contributed by atoms with Gasteiger partial charge in [-0.3, -0.25) is 19.6 Å². The average Bonchev–Trinajstić information content (AvgIpc) is 3.64. The fourth-order valence-corrected chi connectivity index (χ4v) is 5.54. The normalized spacial score (nSPS) is 19.3. The van der Waals surface area contributed by atoms with Gasteiger partial charge in [-0.15, -0.1) is 11.3 Å². The molecule has 2 aliphatic rings. The van der Waals surface area contributed by atoms with E-state index in [1.54, 1.807) is 6.20 Å². The minimum Gasteiger partial charge on any atom is -0.334 e. The molecule has 4 heterocycles. The van der Waals surface area contributed by atoms with E-state index < -0.39 is 0 Å². The van der Waals surface area contributed by atoms with Crippen molar-refractivity contribution in [2.75, 3.05) is 37.6 Å². The number of hydrogen-bond donors (Lipinski definition) is 1. The number of hydrogen-bond acceptors (Lipinski definition) is 6. The van der Waals surface area contributed by atoms with E-state index in [2.05, 4.69) is 26.1 Å². The molecule has 8 nitrogen and oxygen atoms in total. The molecule has 2 aliphatic heterocycles. The molecule has 2 aromatic heterocycles. The van der Waals surface area contributed by atoms with Crippen LogP contribution in [0.2, 0.25) is 0 Å². The molecule has 0 radical (unpaired) electrons. The summed E-state index contributed by atoms with van der Waals surface area (Å²) in [5, 5.41) is 11.0. The first-order valence-electron chi connectivity index (χ1n) is 11.4. The number of thiazole rings is 1. The zero-order valence-electron chi connectivity index (χ0n) is 18.6. The van der Waals surface area contributed by atoms with E-state index in [0.29, 0.717) is 31.1 Å². The number of rotatable bonds is 4. The molecule has 2 saturated heterocycles. The van der Waals surface area contributed by atoms with Crippen molar-refractivity contribution in [3.63, 3.8) is 0 Å². The van der Waals surface area contributed by atoms with Crippen molar-refractivity contribution < 1.29 is 9.59 Å². The van der Waals surface area contributed by atoms with Crippen LogP contribution in [0.15, 0.2) is 60.1 Å². The zero-order valence-corrected chi connectivity index (χ0v) is 19.4. The second-order valence-electron chi connectivity index (χ2n) is 8.70. The standard InChI is InChI=1S/C25H24N6O2S/c32-22-15-19(29-9-11-30(12-10-29)25(33)24-26-8-13-34-24)16-31(22)18-5-3-4-17(14-18)23-20-6-1-2-7-21(20)27-28-23/h1-8,13-14,19H,9-12,15-16H2,(H,27,28). The first-order chi connectivity index (χ1) is 16.7. The highest BCUT2D eigenvalue weighted by Crippen LogP contribution is 2.31. The van der Waals surface area contributed by atoms with Gasteiger partial charge in [0.05, 0.1) is 11.2 Å². The Bertz CT molecular complexity index is 1340. The predicted octanol–water partition coefficient (Wildman–Crippen LogP) is 3.25. The minimum absolute atomic E-state index is 0.00137. The Balaban J connectivity index is 1.15. The third-order valence-corrected chi connectivity index (χ3v) is 7.50. The highest BCUT2D eigenvalue weighted by Gasteiger charge is 2.36. The lowest BCUT2D eigenvalue weighted by Crippen LogP contribution is -2.52. The summed E-state index contributed by atoms with van der Waals surface area (Å²) in [6.07, 6.45) is 2.16. The van der Waals surface area contributed by atoms with Crippen molar-refractivity contribution in [3.8, 4) is 11.3 Å². The van der Waals surface area contributed by atoms with Crippen LogP contribution in [0.25, 0.3) is 22.2 Å². The van der Waals surface area contributed by atoms with Crippen LogP contribution in [-0.2, 0) is 4.79 Å². The van der Waals surface area contributed by atoms with Gasteiger partial charge in [0.2, 0.25) is 5.91 Å². The van der Waals surface area contributed by atoms with Gasteiger partial charge in [0.1, 0.15) is 0 Å². The maximum absolute atomic E-state index is 13.0. The first kappa shape index (κ1) is 21.0. The molecular formula is C25H24N6O2S. The van der Waals surface area contributed by atoms with E-state index in [9.17, 15) is 9.59 Å². The zero-order chi connectivity index (χ0) is 23.1. The Labute approximate surface area is 200 Å². The van der Waals surface area contributed by atoms with Crippen molar-refractivity contribution in [2.45, 2.75) is 12.5 Å². The average molecular weight is 473 g/mol. The van der Waals surface area contributed by atoms with Crippen LogP contribution >= 0.6 is 11.3 Å². The van der Waals surface area contributed by atoms with Gasteiger partial charge in [0.25, 0.3) is 5.91 Å². The molecule has 2 fully saturated rings. The Morgan fingerprint density at radius 2 is 1.91 bits per heavy atom. The topological polar surface area (TPSA) is 85.4 Å². The summed E-state index contributed by atoms with van der Waals surface area (Å²) in [4.78, 5) is 35.8. The summed E-state index contributed by atoms with van der Waals surface area (Å²) < 4.78 is 0. The molecule has 34 heavy (non-hydrogen) atoms. The van der Waals surface area contributed by atoms with Crippen molar-refractivity contribution in [2.24, 2.45) is 0 Å². The van der Waals surface area contributed by atoms with Crippen LogP contribution in [0.1, 0.15) is 16.2 Å². The predicted molar refractivity (Wildman–Crippen MR) is 132 cm³/mol. The fourth-order valence-electron chi connectivity index (χ4n) is 4.94. The summed E-state index contributed by atoms with van der Waals surface area (Å²) in [5.41, 5.74) is 3.77. The summed E-state index contributed by atoms with van der Waals surface area (Å²) in [6.45, 7) is 3.50. The molecule has 9 heteroatoms. The SMILES string of the molecule is O=C(c1nccs1)N1CCN(C2CC(=O)N(c3cccc(-c4n[nH]c5ccccc45)c3)C2)CC1. The number of para-hydroxylation sites is 1. The molecule has 6 rings (SSSR count). The van der Waals surface area contributed by atoms with Crippen LogP contribution in [0.4, 0.5) is 5.69 Å². The summed E-state index contributed by atoms with van der Waals surface area (Å²) in [5.74, 6) is 0.136. The van der Waals surface area contributed by atoms with E-state index in [-0.39, 0.29) is 17.9 Å². The Morgan fingerprint density at radius 1 is 1.06 bits per heavy atom. The van der Waals surface area contributed by atoms with Gasteiger partial charge >= 0.3 is 0 Å². The molecule has 1 N–H and O–H groups in total. The van der Waals surface area contributed by atoms with E-state index in [1.165, 1.54) is 11.3 Å². The monoisotopic (exact) mass is 472 g/mol. The van der Waals surface area contributed by atoms with Crippen molar-refractivity contribution >= 4 is 39.7 Å². The molecule has 2 aromatic carbocycles. The van der Waals surface area contributed by atoms with Crippen LogP contribution in [0.5, 0.6) is 0 Å². The summed E-state index contributed by atoms with van der Waals surface area (Å²) >= 11 is 1.38. The number of aromatic nitrogens is 3. The van der Waals surface area contributed by atoms with Crippen molar-refractivity contribution in [1.82, 2.24) is 25.0 Å². The van der Waals surface area contributed by atoms with E-state index in [0.717, 1.165) is 40.9 Å². The fraction of sp³-hybridized carbons (Fsp3) is 0.280. The number of H-pyrrole nitrogens is 1. The minimum atomic E-state index is 0.00137. The van der Waals surface area contributed by atoms with Gasteiger partial charge in [0.15, 0.2) is 5.01 Å². The third-order valence-electron chi connectivity index (χ3n) is 6.74. The number of anilines is 1. The van der Waals surface area contributed by atoms with Crippen molar-refractivity contribution in [1.29, 1.82) is 0 Å². The lowest BCUT2D eigenvalue weighted by Gasteiger charge is -2.37. The summed E-state index contributed by atoms with van der Waals surface area (Å²) in [6, 6.07) is 16.3. The Kier molecular flexibility index (Phi) is 5.35. The number of aromatic amines is 1. The molecule has 0 bridgehead atoms. The molecular weight excluding hydrogens is 448 g/mol. The maximum Gasteiger partial charge on any atom is 0.282 e. The van der Waals surface area contributed by atoms with Gasteiger partial charge in [-0.25, -0.2) is 4.98 Å². The number of nitrogens with zero attached hydrogens (tertiary/aromatic N) is 5. The number of benzene rings is 2. The lowest BCUT2D eigenvalue weighted by molar-refractivity contribution is -0.117. The van der Waals surface area contributed by atoms with E-state index >= 15 is 0 Å². The molecule has 4 aromatic rings. The van der Waals surface area contributed by atoms with E-state index in [4.69, 9.17) is 0 Å². The number of carbonyl (C=O) groups is 2. The Hall–Kier alpha value is -3.56. The maximum atomic E-state index is 13.0. The first-order valence-corrected chi connectivity index (χ1v) is 12.3. The van der Waals surface area contributed by atoms with Crippen molar-refractivity contribution in [3.05, 3.63) is 65.1 Å². The largest absolute Gasteiger partial charge is 0.334 e. The van der Waals surface area contributed by atoms with Crippen LogP contribution in [0, 0.1) is 0 Å². The molecule has 1 unspecified atom stereocenters. The third kappa shape index (κ3) is 3.76. The second kappa shape index (κ2) is 8.66. The number of fused-ring (bicyclic) bond motifs is 1. The Morgan fingerprint density at radius 3 is 2.74 bits per heavy atom. The van der Waals surface area contributed by atoms with Gasteiger partial charge < -0.3 is 9.80 Å². The molecule has 2 amide bonds. The highest BCUT2D eigenvalue weighted by atomic mass is 32.1. The summed E-state index contributed by atoms with van der Waals surface area (Å²) in [7, 11) is 0. The quantitative estimate of drug-likeness (QED) is 0.493. The van der Waals surface area contributed by atoms with Gasteiger partial charge in [-0.2, -0.15) is 5.10 Å². The molecule has 1 atom stereocenters. The van der Waals surface area contributed by atoms with E-state index in [1.807, 2.05) is 57.6 Å². The molecule has 0 spiro atoms. The number of piperazine rings is 1. The number of nitrogens with one attached hydrogen (secondary N) is 1. The number of amides is 2. The smallest absolute Gasteiger partial charge is 0.282 e. The molecule has 172 valence electrons. The number of carbonyl (C=O) groups excluding carboxylic acids is 2. The van der Waals surface area contributed by atoms with Crippen LogP contribution in [-0.4, -0.2) is 75.6 Å². The molecule has 0 saturated carbocycles. The van der Waals surface area contributed by atoms with Gasteiger partial charge in [-0.1, -0.05) is 30.3 Å². The second-order valence-corrected chi connectivity index (χ2v) is 9.59.